The quantitative estimate of drug-likeness (QED) is 0.868. The summed E-state index contributed by atoms with van der Waals surface area (Å²) >= 11 is 0. The highest BCUT2D eigenvalue weighted by Gasteiger charge is 2.31. The van der Waals surface area contributed by atoms with Gasteiger partial charge in [0.1, 0.15) is 17.7 Å². The highest BCUT2D eigenvalue weighted by Crippen LogP contribution is 2.34. The number of ether oxygens (including phenoxy) is 1. The van der Waals surface area contributed by atoms with Crippen LogP contribution >= 0.6 is 12.4 Å². The molecule has 0 radical (unpaired) electrons. The second-order valence-electron chi connectivity index (χ2n) is 6.04. The van der Waals surface area contributed by atoms with Crippen molar-refractivity contribution < 1.29 is 18.3 Å². The highest BCUT2D eigenvalue weighted by molar-refractivity contribution is 5.85. The molecule has 4 nitrogen and oxygen atoms in total. The Kier molecular flexibility index (Phi) is 7.93. The number of hydrogen-bond acceptors (Lipinski definition) is 3. The van der Waals surface area contributed by atoms with Gasteiger partial charge in [0.25, 0.3) is 0 Å². The topological polar surface area (TPSA) is 64.3 Å². The minimum absolute atomic E-state index is 0. The molecule has 1 aromatic rings. The lowest BCUT2D eigenvalue weighted by Crippen LogP contribution is -2.47. The molecule has 2 atom stereocenters. The summed E-state index contributed by atoms with van der Waals surface area (Å²) < 4.78 is 31.8. The molecule has 1 amide bonds. The Bertz CT molecular complexity index is 507. The molecule has 0 heterocycles. The Morgan fingerprint density at radius 2 is 1.95 bits per heavy atom. The number of carbonyl (C=O) groups excluding carboxylic acids is 1. The fourth-order valence-corrected chi connectivity index (χ4v) is 2.00. The number of methoxy groups -OCH3 is 1. The summed E-state index contributed by atoms with van der Waals surface area (Å²) in [4.78, 5) is 12.0. The third-order valence-corrected chi connectivity index (χ3v) is 3.11. The fraction of sp³-hybridized carbons (Fsp3) is 0.533. The highest BCUT2D eigenvalue weighted by atomic mass is 35.5. The SMILES string of the molecule is COCC(N)C(=O)NC(c1ccc(F)cc1F)C(C)(C)C.Cl. The van der Waals surface area contributed by atoms with Gasteiger partial charge in [-0.2, -0.15) is 0 Å². The van der Waals surface area contributed by atoms with Gasteiger partial charge in [0, 0.05) is 18.7 Å². The second-order valence-corrected chi connectivity index (χ2v) is 6.04. The molecule has 126 valence electrons. The van der Waals surface area contributed by atoms with Crippen molar-refractivity contribution >= 4 is 18.3 Å². The molecule has 0 saturated carbocycles. The van der Waals surface area contributed by atoms with Crippen LogP contribution in [0, 0.1) is 17.0 Å². The first-order valence-corrected chi connectivity index (χ1v) is 6.66. The predicted molar refractivity (Wildman–Crippen MR) is 83.8 cm³/mol. The molecule has 0 bridgehead atoms. The van der Waals surface area contributed by atoms with Crippen LogP contribution in [-0.2, 0) is 9.53 Å². The average Bonchev–Trinajstić information content (AvgIpc) is 2.35. The summed E-state index contributed by atoms with van der Waals surface area (Å²) in [6.07, 6.45) is 0. The van der Waals surface area contributed by atoms with Gasteiger partial charge in [0.15, 0.2) is 0 Å². The second kappa shape index (κ2) is 8.41. The standard InChI is InChI=1S/C15H22F2N2O2.ClH/c1-15(2,3)13(19-14(20)12(18)8-21-4)10-6-5-9(16)7-11(10)17;/h5-7,12-13H,8,18H2,1-4H3,(H,19,20);1H. The van der Waals surface area contributed by atoms with E-state index >= 15 is 0 Å². The van der Waals surface area contributed by atoms with Gasteiger partial charge in [-0.1, -0.05) is 26.8 Å². The Hall–Kier alpha value is -1.24. The van der Waals surface area contributed by atoms with Crippen LogP contribution in [0.25, 0.3) is 0 Å². The molecule has 2 unspecified atom stereocenters. The lowest BCUT2D eigenvalue weighted by Gasteiger charge is -2.33. The molecule has 22 heavy (non-hydrogen) atoms. The molecule has 0 fully saturated rings. The molecular formula is C15H23ClF2N2O2. The monoisotopic (exact) mass is 336 g/mol. The Morgan fingerprint density at radius 3 is 2.41 bits per heavy atom. The van der Waals surface area contributed by atoms with Crippen LogP contribution in [0.1, 0.15) is 32.4 Å². The summed E-state index contributed by atoms with van der Waals surface area (Å²) in [6.45, 7) is 5.61. The van der Waals surface area contributed by atoms with Gasteiger partial charge in [-0.25, -0.2) is 8.78 Å². The zero-order valence-corrected chi connectivity index (χ0v) is 14.0. The minimum atomic E-state index is -0.844. The van der Waals surface area contributed by atoms with E-state index in [1.54, 1.807) is 0 Å². The van der Waals surface area contributed by atoms with Gasteiger partial charge in [-0.15, -0.1) is 12.4 Å². The third kappa shape index (κ3) is 5.51. The summed E-state index contributed by atoms with van der Waals surface area (Å²) in [5.41, 5.74) is 5.42. The van der Waals surface area contributed by atoms with E-state index in [9.17, 15) is 13.6 Å². The van der Waals surface area contributed by atoms with Crippen LogP contribution in [0.15, 0.2) is 18.2 Å². The third-order valence-electron chi connectivity index (χ3n) is 3.11. The number of halogens is 3. The van der Waals surface area contributed by atoms with Crippen molar-refractivity contribution in [3.8, 4) is 0 Å². The number of hydrogen-bond donors (Lipinski definition) is 2. The largest absolute Gasteiger partial charge is 0.383 e. The van der Waals surface area contributed by atoms with E-state index < -0.39 is 35.0 Å². The number of nitrogens with two attached hydrogens (primary N) is 1. The van der Waals surface area contributed by atoms with Gasteiger partial charge < -0.3 is 15.8 Å². The van der Waals surface area contributed by atoms with Crippen LogP contribution in [0.5, 0.6) is 0 Å². The van der Waals surface area contributed by atoms with Crippen molar-refractivity contribution in [1.29, 1.82) is 0 Å². The van der Waals surface area contributed by atoms with Crippen molar-refractivity contribution in [3.63, 3.8) is 0 Å². The van der Waals surface area contributed by atoms with Gasteiger partial charge in [-0.3, -0.25) is 4.79 Å². The molecule has 0 aliphatic heterocycles. The molecule has 3 N–H and O–H groups in total. The zero-order chi connectivity index (χ0) is 16.2. The number of nitrogens with one attached hydrogen (secondary N) is 1. The molecule has 0 aliphatic rings. The maximum Gasteiger partial charge on any atom is 0.239 e. The lowest BCUT2D eigenvalue weighted by molar-refractivity contribution is -0.125. The molecule has 0 aliphatic carbocycles. The maximum absolute atomic E-state index is 14.0. The predicted octanol–water partition coefficient (Wildman–Crippen LogP) is 2.56. The fourth-order valence-electron chi connectivity index (χ4n) is 2.00. The number of rotatable bonds is 5. The molecule has 1 aromatic carbocycles. The summed E-state index contributed by atoms with van der Waals surface area (Å²) in [5.74, 6) is -1.80. The van der Waals surface area contributed by atoms with Crippen LogP contribution < -0.4 is 11.1 Å². The van der Waals surface area contributed by atoms with Gasteiger partial charge >= 0.3 is 0 Å². The van der Waals surface area contributed by atoms with Crippen molar-refractivity contribution in [2.45, 2.75) is 32.9 Å². The van der Waals surface area contributed by atoms with Crippen LogP contribution in [-0.4, -0.2) is 25.7 Å². The molecule has 7 heteroatoms. The number of amides is 1. The van der Waals surface area contributed by atoms with Crippen molar-refractivity contribution in [2.24, 2.45) is 11.1 Å². The molecular weight excluding hydrogens is 314 g/mol. The van der Waals surface area contributed by atoms with Crippen molar-refractivity contribution in [3.05, 3.63) is 35.4 Å². The Labute approximate surface area is 135 Å². The van der Waals surface area contributed by atoms with E-state index in [0.717, 1.165) is 6.07 Å². The van der Waals surface area contributed by atoms with Crippen molar-refractivity contribution in [1.82, 2.24) is 5.32 Å². The van der Waals surface area contributed by atoms with Gasteiger partial charge in [-0.05, 0) is 11.5 Å². The molecule has 0 saturated heterocycles. The molecule has 0 aromatic heterocycles. The Balaban J connectivity index is 0.00000441. The number of benzene rings is 1. The van der Waals surface area contributed by atoms with E-state index in [1.165, 1.54) is 19.2 Å². The first-order valence-electron chi connectivity index (χ1n) is 6.66. The van der Waals surface area contributed by atoms with E-state index in [2.05, 4.69) is 5.32 Å². The van der Waals surface area contributed by atoms with E-state index in [1.807, 2.05) is 20.8 Å². The summed E-state index contributed by atoms with van der Waals surface area (Å²) in [5, 5.41) is 2.71. The average molecular weight is 337 g/mol. The first kappa shape index (κ1) is 20.8. The molecule has 1 rings (SSSR count). The van der Waals surface area contributed by atoms with Crippen LogP contribution in [0.4, 0.5) is 8.78 Å². The Morgan fingerprint density at radius 1 is 1.36 bits per heavy atom. The normalized spacial score (nSPS) is 14.0. The lowest BCUT2D eigenvalue weighted by atomic mass is 9.82. The van der Waals surface area contributed by atoms with Gasteiger partial charge in [0.2, 0.25) is 5.91 Å². The minimum Gasteiger partial charge on any atom is -0.383 e. The summed E-state index contributed by atoms with van der Waals surface area (Å²) in [6, 6.07) is 1.83. The number of carbonyl (C=O) groups is 1. The molecule has 0 spiro atoms. The van der Waals surface area contributed by atoms with Crippen LogP contribution in [0.3, 0.4) is 0 Å². The summed E-state index contributed by atoms with van der Waals surface area (Å²) in [7, 11) is 1.44. The smallest absolute Gasteiger partial charge is 0.239 e. The first-order chi connectivity index (χ1) is 9.66. The van der Waals surface area contributed by atoms with Crippen molar-refractivity contribution in [2.75, 3.05) is 13.7 Å². The van der Waals surface area contributed by atoms with E-state index in [-0.39, 0.29) is 24.6 Å². The maximum atomic E-state index is 14.0. The van der Waals surface area contributed by atoms with E-state index in [0.29, 0.717) is 0 Å². The van der Waals surface area contributed by atoms with Gasteiger partial charge in [0.05, 0.1) is 12.6 Å². The zero-order valence-electron chi connectivity index (χ0n) is 13.2. The van der Waals surface area contributed by atoms with E-state index in [4.69, 9.17) is 10.5 Å². The van der Waals surface area contributed by atoms with Crippen LogP contribution in [0.2, 0.25) is 0 Å².